The van der Waals surface area contributed by atoms with Crippen molar-refractivity contribution < 1.29 is 13.2 Å². The molecule has 3 rings (SSSR count). The highest BCUT2D eigenvalue weighted by Crippen LogP contribution is 2.43. The Hall–Kier alpha value is -1.71. The predicted octanol–water partition coefficient (Wildman–Crippen LogP) is 7.65. The average molecular weight is 568 g/mol. The molecule has 0 saturated heterocycles. The Kier molecular flexibility index (Phi) is 7.41. The van der Waals surface area contributed by atoms with E-state index in [0.29, 0.717) is 28.1 Å². The molecule has 3 aromatic rings. The lowest BCUT2D eigenvalue weighted by Crippen LogP contribution is -2.28. The molecule has 0 unspecified atom stereocenters. The molecule has 0 bridgehead atoms. The number of halogens is 6. The fraction of sp³-hybridized carbons (Fsp3) is 0.625. The van der Waals surface area contributed by atoms with Gasteiger partial charge in [-0.1, -0.05) is 83.3 Å². The summed E-state index contributed by atoms with van der Waals surface area (Å²) in [7, 11) is 0. The molecule has 0 atom stereocenters. The van der Waals surface area contributed by atoms with Crippen LogP contribution in [0.1, 0.15) is 82.2 Å². The van der Waals surface area contributed by atoms with Gasteiger partial charge in [0.05, 0.1) is 18.8 Å². The van der Waals surface area contributed by atoms with Crippen molar-refractivity contribution in [1.29, 1.82) is 0 Å². The maximum Gasteiger partial charge on any atom is 0.435 e. The van der Waals surface area contributed by atoms with E-state index in [1.165, 1.54) is 4.68 Å². The zero-order chi connectivity index (χ0) is 27.6. The van der Waals surface area contributed by atoms with Gasteiger partial charge < -0.3 is 0 Å². The van der Waals surface area contributed by atoms with E-state index in [1.54, 1.807) is 25.5 Å². The number of alkyl halides is 3. The van der Waals surface area contributed by atoms with Crippen molar-refractivity contribution in [3.05, 3.63) is 49.2 Å². The normalized spacial score (nSPS) is 13.6. The van der Waals surface area contributed by atoms with Crippen molar-refractivity contribution in [1.82, 2.24) is 29.8 Å². The lowest BCUT2D eigenvalue weighted by molar-refractivity contribution is -0.142. The lowest BCUT2D eigenvalue weighted by atomic mass is 9.84. The topological polar surface area (TPSA) is 64.3 Å². The molecule has 0 amide bonds. The first kappa shape index (κ1) is 28.9. The summed E-state index contributed by atoms with van der Waals surface area (Å²) in [6.07, 6.45) is -4.63. The third kappa shape index (κ3) is 5.29. The van der Waals surface area contributed by atoms with Gasteiger partial charge in [0.15, 0.2) is 10.8 Å². The summed E-state index contributed by atoms with van der Waals surface area (Å²) in [5.74, 6) is 0. The van der Waals surface area contributed by atoms with Crippen molar-refractivity contribution in [3.8, 4) is 0 Å². The van der Waals surface area contributed by atoms with Gasteiger partial charge in [0.25, 0.3) is 0 Å². The fourth-order valence-corrected chi connectivity index (χ4v) is 6.33. The standard InChI is InChI=1S/C24H32Cl3F3N6/c1-12-14(18(25)32-31-12)22(6,7)10-35-19(26)15(13(2)33-35)23(8,9)11-36-20(27)16(21(3,4)5)17(34-36)24(28,29)30/h10-11H2,1-9H3,(H,31,32). The molecule has 0 aliphatic heterocycles. The predicted molar refractivity (Wildman–Crippen MR) is 137 cm³/mol. The SMILES string of the molecule is Cc1nn(CC(C)(C)c2c(Cl)n[nH]c2C)c(Cl)c1C(C)(C)Cn1nc(C(F)(F)F)c(C(C)(C)C)c1Cl. The highest BCUT2D eigenvalue weighted by atomic mass is 35.5. The van der Waals surface area contributed by atoms with E-state index in [2.05, 4.69) is 20.4 Å². The maximum absolute atomic E-state index is 13.8. The largest absolute Gasteiger partial charge is 0.435 e. The molecule has 1 N–H and O–H groups in total. The second kappa shape index (κ2) is 9.24. The summed E-state index contributed by atoms with van der Waals surface area (Å²) in [6, 6.07) is 0. The van der Waals surface area contributed by atoms with Crippen LogP contribution in [0, 0.1) is 13.8 Å². The van der Waals surface area contributed by atoms with Gasteiger partial charge >= 0.3 is 6.18 Å². The minimum atomic E-state index is -4.63. The van der Waals surface area contributed by atoms with Crippen LogP contribution in [0.15, 0.2) is 0 Å². The summed E-state index contributed by atoms with van der Waals surface area (Å²) in [5, 5.41) is 16.3. The molecule has 6 nitrogen and oxygen atoms in total. The molecule has 36 heavy (non-hydrogen) atoms. The summed E-state index contributed by atoms with van der Waals surface area (Å²) in [5.41, 5.74) is 0.0797. The van der Waals surface area contributed by atoms with Crippen molar-refractivity contribution in [2.75, 3.05) is 0 Å². The Labute approximate surface area is 224 Å². The van der Waals surface area contributed by atoms with E-state index in [1.807, 2.05) is 41.5 Å². The van der Waals surface area contributed by atoms with E-state index in [-0.39, 0.29) is 17.3 Å². The average Bonchev–Trinajstić information content (AvgIpc) is 3.28. The highest BCUT2D eigenvalue weighted by Gasteiger charge is 2.43. The van der Waals surface area contributed by atoms with Crippen LogP contribution in [-0.2, 0) is 35.5 Å². The van der Waals surface area contributed by atoms with Gasteiger partial charge in [-0.25, -0.2) is 0 Å². The minimum absolute atomic E-state index is 0.0277. The number of nitrogens with zero attached hydrogens (tertiary/aromatic N) is 5. The van der Waals surface area contributed by atoms with Crippen molar-refractivity contribution in [2.45, 2.75) is 97.8 Å². The quantitative estimate of drug-likeness (QED) is 0.333. The number of aryl methyl sites for hydroxylation is 2. The Bertz CT molecular complexity index is 1260. The molecular formula is C24H32Cl3F3N6. The third-order valence-corrected chi connectivity index (χ3v) is 7.36. The van der Waals surface area contributed by atoms with E-state index < -0.39 is 28.1 Å². The second-order valence-electron chi connectivity index (χ2n) is 11.6. The number of nitrogens with one attached hydrogen (secondary N) is 1. The van der Waals surface area contributed by atoms with E-state index >= 15 is 0 Å². The van der Waals surface area contributed by atoms with Crippen LogP contribution >= 0.6 is 34.8 Å². The maximum atomic E-state index is 13.8. The monoisotopic (exact) mass is 566 g/mol. The first-order chi connectivity index (χ1) is 16.2. The number of H-pyrrole nitrogens is 1. The molecule has 200 valence electrons. The van der Waals surface area contributed by atoms with Crippen LogP contribution in [0.4, 0.5) is 13.2 Å². The van der Waals surface area contributed by atoms with Gasteiger partial charge in [0.1, 0.15) is 10.3 Å². The summed E-state index contributed by atoms with van der Waals surface area (Å²) >= 11 is 19.7. The molecule has 3 aromatic heterocycles. The second-order valence-corrected chi connectivity index (χ2v) is 12.7. The molecule has 0 radical (unpaired) electrons. The summed E-state index contributed by atoms with van der Waals surface area (Å²) in [6.45, 7) is 17.1. The number of aromatic nitrogens is 6. The molecule has 0 aromatic carbocycles. The first-order valence-electron chi connectivity index (χ1n) is 11.5. The molecular weight excluding hydrogens is 536 g/mol. The minimum Gasteiger partial charge on any atom is -0.281 e. The molecule has 0 saturated carbocycles. The van der Waals surface area contributed by atoms with Crippen LogP contribution in [0.5, 0.6) is 0 Å². The summed E-state index contributed by atoms with van der Waals surface area (Å²) in [4.78, 5) is 0. The van der Waals surface area contributed by atoms with Gasteiger partial charge in [-0.2, -0.15) is 28.5 Å². The van der Waals surface area contributed by atoms with Crippen LogP contribution in [0.2, 0.25) is 15.5 Å². The van der Waals surface area contributed by atoms with Gasteiger partial charge in [0.2, 0.25) is 0 Å². The van der Waals surface area contributed by atoms with Crippen molar-refractivity contribution in [3.63, 3.8) is 0 Å². The molecule has 0 spiro atoms. The number of hydrogen-bond acceptors (Lipinski definition) is 3. The number of aromatic amines is 1. The molecule has 12 heteroatoms. The van der Waals surface area contributed by atoms with Crippen LogP contribution in [-0.4, -0.2) is 29.8 Å². The van der Waals surface area contributed by atoms with E-state index in [0.717, 1.165) is 11.3 Å². The summed E-state index contributed by atoms with van der Waals surface area (Å²) < 4.78 is 44.3. The van der Waals surface area contributed by atoms with E-state index in [4.69, 9.17) is 34.8 Å². The van der Waals surface area contributed by atoms with Crippen molar-refractivity contribution >= 4 is 34.8 Å². The van der Waals surface area contributed by atoms with Crippen molar-refractivity contribution in [2.24, 2.45) is 0 Å². The number of rotatable bonds is 6. The zero-order valence-electron chi connectivity index (χ0n) is 21.9. The Balaban J connectivity index is 2.02. The highest BCUT2D eigenvalue weighted by molar-refractivity contribution is 6.31. The number of hydrogen-bond donors (Lipinski definition) is 1. The molecule has 0 aliphatic rings. The van der Waals surface area contributed by atoms with Gasteiger partial charge in [-0.3, -0.25) is 14.5 Å². The Morgan fingerprint density at radius 2 is 1.22 bits per heavy atom. The van der Waals surface area contributed by atoms with Crippen LogP contribution in [0.3, 0.4) is 0 Å². The molecule has 0 fully saturated rings. The Morgan fingerprint density at radius 3 is 1.64 bits per heavy atom. The smallest absolute Gasteiger partial charge is 0.281 e. The van der Waals surface area contributed by atoms with E-state index in [9.17, 15) is 13.2 Å². The Morgan fingerprint density at radius 1 is 0.750 bits per heavy atom. The van der Waals surface area contributed by atoms with Gasteiger partial charge in [-0.15, -0.1) is 0 Å². The van der Waals surface area contributed by atoms with Gasteiger partial charge in [-0.05, 0) is 19.3 Å². The molecule has 3 heterocycles. The van der Waals surface area contributed by atoms with Crippen LogP contribution < -0.4 is 0 Å². The zero-order valence-corrected chi connectivity index (χ0v) is 24.2. The third-order valence-electron chi connectivity index (χ3n) is 6.32. The fourth-order valence-electron chi connectivity index (χ4n) is 4.93. The molecule has 0 aliphatic carbocycles. The van der Waals surface area contributed by atoms with Crippen LogP contribution in [0.25, 0.3) is 0 Å². The lowest BCUT2D eigenvalue weighted by Gasteiger charge is -2.27. The van der Waals surface area contributed by atoms with Gasteiger partial charge in [0, 0.05) is 33.2 Å². The first-order valence-corrected chi connectivity index (χ1v) is 12.6.